The van der Waals surface area contributed by atoms with Crippen LogP contribution in [-0.2, 0) is 0 Å². The van der Waals surface area contributed by atoms with Crippen LogP contribution in [0.2, 0.25) is 0 Å². The molecule has 1 aliphatic heterocycles. The molecular weight excluding hydrogens is 266 g/mol. The van der Waals surface area contributed by atoms with Crippen LogP contribution in [0.15, 0.2) is 0 Å². The Labute approximate surface area is 126 Å². The van der Waals surface area contributed by atoms with Crippen molar-refractivity contribution in [3.8, 4) is 6.01 Å². The minimum absolute atomic E-state index is 0.0310. The van der Waals surface area contributed by atoms with Crippen molar-refractivity contribution in [2.24, 2.45) is 5.92 Å². The number of hydrogen-bond donors (Lipinski definition) is 1. The lowest BCUT2D eigenvalue weighted by Gasteiger charge is -2.44. The second kappa shape index (κ2) is 6.03. The van der Waals surface area contributed by atoms with E-state index >= 15 is 0 Å². The number of ether oxygens (including phenoxy) is 1. The second-order valence-corrected chi connectivity index (χ2v) is 6.39. The Morgan fingerprint density at radius 2 is 1.86 bits per heavy atom. The van der Waals surface area contributed by atoms with Crippen molar-refractivity contribution in [1.29, 1.82) is 0 Å². The normalized spacial score (nSPS) is 25.8. The van der Waals surface area contributed by atoms with Gasteiger partial charge in [-0.1, -0.05) is 12.8 Å². The number of hydrogen-bond acceptors (Lipinski definition) is 6. The van der Waals surface area contributed by atoms with Gasteiger partial charge in [-0.15, -0.1) is 0 Å². The molecule has 0 bridgehead atoms. The third-order valence-corrected chi connectivity index (χ3v) is 4.46. The average Bonchev–Trinajstić information content (AvgIpc) is 2.45. The van der Waals surface area contributed by atoms with E-state index in [4.69, 9.17) is 10.5 Å². The van der Waals surface area contributed by atoms with Crippen LogP contribution < -0.4 is 15.4 Å². The summed E-state index contributed by atoms with van der Waals surface area (Å²) >= 11 is 0. The quantitative estimate of drug-likeness (QED) is 0.921. The van der Waals surface area contributed by atoms with Gasteiger partial charge in [0.05, 0.1) is 6.10 Å². The number of rotatable bonds is 3. The molecule has 1 aromatic rings. The first-order valence-electron chi connectivity index (χ1n) is 8.08. The maximum Gasteiger partial charge on any atom is 0.323 e. The molecule has 0 spiro atoms. The standard InChI is InChI=1S/C15H25N5O/c1-10(2)21-15-18-13(16)17-14(19-15)20-9-5-7-11-6-3-4-8-12(11)20/h10-12H,3-9H2,1-2H3,(H2,16,17,18,19)/t11-,12-/m1/s1. The molecule has 2 fully saturated rings. The van der Waals surface area contributed by atoms with E-state index in [-0.39, 0.29) is 12.1 Å². The highest BCUT2D eigenvalue weighted by Gasteiger charge is 2.34. The van der Waals surface area contributed by atoms with Gasteiger partial charge in [-0.05, 0) is 45.4 Å². The average molecular weight is 291 g/mol. The summed E-state index contributed by atoms with van der Waals surface area (Å²) in [5.74, 6) is 1.71. The first-order chi connectivity index (χ1) is 10.1. The van der Waals surface area contributed by atoms with Crippen LogP contribution >= 0.6 is 0 Å². The Balaban J connectivity index is 1.85. The Hall–Kier alpha value is -1.59. The first-order valence-corrected chi connectivity index (χ1v) is 8.08. The molecule has 6 heteroatoms. The number of nitrogens with two attached hydrogens (primary N) is 1. The van der Waals surface area contributed by atoms with E-state index in [1.807, 2.05) is 13.8 Å². The van der Waals surface area contributed by atoms with Crippen molar-refractivity contribution in [3.05, 3.63) is 0 Å². The molecule has 3 rings (SSSR count). The van der Waals surface area contributed by atoms with Gasteiger partial charge in [0.2, 0.25) is 11.9 Å². The molecule has 0 unspecified atom stereocenters. The fourth-order valence-electron chi connectivity index (χ4n) is 3.63. The number of fused-ring (bicyclic) bond motifs is 1. The Bertz CT molecular complexity index is 491. The number of nitrogens with zero attached hydrogens (tertiary/aromatic N) is 4. The van der Waals surface area contributed by atoms with E-state index in [1.165, 1.54) is 38.5 Å². The highest BCUT2D eigenvalue weighted by atomic mass is 16.5. The van der Waals surface area contributed by atoms with Crippen LogP contribution in [0.25, 0.3) is 0 Å². The zero-order chi connectivity index (χ0) is 14.8. The topological polar surface area (TPSA) is 77.2 Å². The van der Waals surface area contributed by atoms with Gasteiger partial charge in [0.1, 0.15) is 0 Å². The molecule has 2 aliphatic rings. The van der Waals surface area contributed by atoms with E-state index in [0.29, 0.717) is 18.0 Å². The molecule has 116 valence electrons. The summed E-state index contributed by atoms with van der Waals surface area (Å²) in [5.41, 5.74) is 5.84. The van der Waals surface area contributed by atoms with Crippen LogP contribution in [0.4, 0.5) is 11.9 Å². The van der Waals surface area contributed by atoms with Gasteiger partial charge in [-0.2, -0.15) is 15.0 Å². The van der Waals surface area contributed by atoms with Crippen molar-refractivity contribution in [3.63, 3.8) is 0 Å². The lowest BCUT2D eigenvalue weighted by molar-refractivity contribution is 0.219. The minimum Gasteiger partial charge on any atom is -0.461 e. The Kier molecular flexibility index (Phi) is 4.12. The van der Waals surface area contributed by atoms with Gasteiger partial charge in [0, 0.05) is 12.6 Å². The molecule has 2 atom stereocenters. The SMILES string of the molecule is CC(C)Oc1nc(N)nc(N2CCC[C@H]3CCCC[C@H]32)n1. The summed E-state index contributed by atoms with van der Waals surface area (Å²) < 4.78 is 5.59. The number of nitrogen functional groups attached to an aromatic ring is 1. The van der Waals surface area contributed by atoms with E-state index in [9.17, 15) is 0 Å². The van der Waals surface area contributed by atoms with Crippen molar-refractivity contribution < 1.29 is 4.74 Å². The summed E-state index contributed by atoms with van der Waals surface area (Å²) in [6.07, 6.45) is 7.78. The predicted molar refractivity (Wildman–Crippen MR) is 82.3 cm³/mol. The van der Waals surface area contributed by atoms with E-state index in [0.717, 1.165) is 12.5 Å². The van der Waals surface area contributed by atoms with Crippen LogP contribution in [0.5, 0.6) is 6.01 Å². The van der Waals surface area contributed by atoms with E-state index < -0.39 is 0 Å². The predicted octanol–water partition coefficient (Wildman–Crippen LogP) is 2.40. The molecule has 0 radical (unpaired) electrons. The lowest BCUT2D eigenvalue weighted by atomic mass is 9.78. The van der Waals surface area contributed by atoms with Crippen LogP contribution in [0, 0.1) is 5.92 Å². The number of aromatic nitrogens is 3. The Morgan fingerprint density at radius 1 is 1.10 bits per heavy atom. The zero-order valence-electron chi connectivity index (χ0n) is 13.0. The summed E-state index contributed by atoms with van der Waals surface area (Å²) in [5, 5.41) is 0. The molecule has 2 N–H and O–H groups in total. The highest BCUT2D eigenvalue weighted by Crippen LogP contribution is 2.37. The zero-order valence-corrected chi connectivity index (χ0v) is 13.0. The molecule has 0 aromatic carbocycles. The van der Waals surface area contributed by atoms with Gasteiger partial charge in [0.25, 0.3) is 0 Å². The minimum atomic E-state index is 0.0310. The maximum absolute atomic E-state index is 5.84. The van der Waals surface area contributed by atoms with Crippen molar-refractivity contribution in [2.45, 2.75) is 64.5 Å². The van der Waals surface area contributed by atoms with E-state index in [1.54, 1.807) is 0 Å². The molecule has 1 aromatic heterocycles. The second-order valence-electron chi connectivity index (χ2n) is 6.39. The summed E-state index contributed by atoms with van der Waals surface area (Å²) in [7, 11) is 0. The van der Waals surface area contributed by atoms with Crippen LogP contribution in [0.3, 0.4) is 0 Å². The Morgan fingerprint density at radius 3 is 2.67 bits per heavy atom. The fourth-order valence-corrected chi connectivity index (χ4v) is 3.63. The largest absolute Gasteiger partial charge is 0.461 e. The third-order valence-electron chi connectivity index (χ3n) is 4.46. The number of piperidine rings is 1. The van der Waals surface area contributed by atoms with E-state index in [2.05, 4.69) is 19.9 Å². The van der Waals surface area contributed by atoms with Crippen LogP contribution in [-0.4, -0.2) is 33.6 Å². The van der Waals surface area contributed by atoms with Gasteiger partial charge in [-0.3, -0.25) is 0 Å². The smallest absolute Gasteiger partial charge is 0.323 e. The molecule has 21 heavy (non-hydrogen) atoms. The molecular formula is C15H25N5O. The summed E-state index contributed by atoms with van der Waals surface area (Å²) in [6, 6.07) is 0.895. The van der Waals surface area contributed by atoms with Crippen molar-refractivity contribution in [1.82, 2.24) is 15.0 Å². The summed E-state index contributed by atoms with van der Waals surface area (Å²) in [4.78, 5) is 15.3. The monoisotopic (exact) mass is 291 g/mol. The molecule has 6 nitrogen and oxygen atoms in total. The molecule has 1 saturated carbocycles. The van der Waals surface area contributed by atoms with Crippen molar-refractivity contribution >= 4 is 11.9 Å². The lowest BCUT2D eigenvalue weighted by Crippen LogP contribution is -2.47. The first kappa shape index (κ1) is 14.4. The van der Waals surface area contributed by atoms with Crippen LogP contribution in [0.1, 0.15) is 52.4 Å². The van der Waals surface area contributed by atoms with Gasteiger partial charge >= 0.3 is 6.01 Å². The molecule has 2 heterocycles. The van der Waals surface area contributed by atoms with Crippen molar-refractivity contribution in [2.75, 3.05) is 17.2 Å². The van der Waals surface area contributed by atoms with Gasteiger partial charge in [0.15, 0.2) is 0 Å². The number of anilines is 2. The molecule has 1 aliphatic carbocycles. The fraction of sp³-hybridized carbons (Fsp3) is 0.800. The van der Waals surface area contributed by atoms with Gasteiger partial charge < -0.3 is 15.4 Å². The molecule has 0 amide bonds. The third kappa shape index (κ3) is 3.19. The highest BCUT2D eigenvalue weighted by molar-refractivity contribution is 5.38. The molecule has 1 saturated heterocycles. The van der Waals surface area contributed by atoms with Gasteiger partial charge in [-0.25, -0.2) is 0 Å². The summed E-state index contributed by atoms with van der Waals surface area (Å²) in [6.45, 7) is 4.92. The maximum atomic E-state index is 5.84.